The predicted molar refractivity (Wildman–Crippen MR) is 60.2 cm³/mol. The van der Waals surface area contributed by atoms with Crippen molar-refractivity contribution < 1.29 is 13.2 Å². The number of thioether (sulfide) groups is 1. The Morgan fingerprint density at radius 1 is 1.38 bits per heavy atom. The second-order valence-corrected chi connectivity index (χ2v) is 4.41. The van der Waals surface area contributed by atoms with Gasteiger partial charge in [-0.25, -0.2) is 4.39 Å². The smallest absolute Gasteiger partial charge is 0.327 e. The van der Waals surface area contributed by atoms with Gasteiger partial charge in [0.15, 0.2) is 5.83 Å². The van der Waals surface area contributed by atoms with Gasteiger partial charge in [-0.2, -0.15) is 8.78 Å². The molecule has 0 amide bonds. The van der Waals surface area contributed by atoms with Gasteiger partial charge in [-0.15, -0.1) is 0 Å². The predicted octanol–water partition coefficient (Wildman–Crippen LogP) is 3.49. The molecule has 0 saturated carbocycles. The van der Waals surface area contributed by atoms with Crippen LogP contribution in [-0.2, 0) is 0 Å². The third-order valence-electron chi connectivity index (χ3n) is 1.84. The molecule has 0 aliphatic heterocycles. The van der Waals surface area contributed by atoms with Gasteiger partial charge in [0.25, 0.3) is 0 Å². The first-order chi connectivity index (χ1) is 7.45. The van der Waals surface area contributed by atoms with E-state index in [0.717, 1.165) is 5.56 Å². The monoisotopic (exact) mass is 247 g/mol. The van der Waals surface area contributed by atoms with E-state index in [1.807, 2.05) is 6.92 Å². The van der Waals surface area contributed by atoms with Crippen LogP contribution in [0.15, 0.2) is 41.1 Å². The zero-order chi connectivity index (χ0) is 12.2. The third kappa shape index (κ3) is 3.57. The average Bonchev–Trinajstić information content (AvgIpc) is 2.21. The molecular weight excluding hydrogens is 235 g/mol. The lowest BCUT2D eigenvalue weighted by molar-refractivity contribution is 0.118. The van der Waals surface area contributed by atoms with Gasteiger partial charge in [0.2, 0.25) is 0 Å². The molecule has 16 heavy (non-hydrogen) atoms. The van der Waals surface area contributed by atoms with Crippen molar-refractivity contribution in [3.63, 3.8) is 0 Å². The fraction of sp³-hybridized carbons (Fsp3) is 0.273. The molecule has 0 heterocycles. The topological polar surface area (TPSA) is 26.0 Å². The standard InChI is InChI=1S/C11H12F3NS/c1-8-2-4-9(5-3-8)16-11(13,14)10(12)6-7-15/h2-6H,7,15H2,1H3/b10-6-. The molecule has 0 aromatic heterocycles. The van der Waals surface area contributed by atoms with Crippen molar-refractivity contribution in [2.45, 2.75) is 17.1 Å². The van der Waals surface area contributed by atoms with Crippen LogP contribution in [0, 0.1) is 6.92 Å². The molecule has 88 valence electrons. The van der Waals surface area contributed by atoms with Crippen LogP contribution in [0.2, 0.25) is 0 Å². The molecule has 0 radical (unpaired) electrons. The Morgan fingerprint density at radius 2 is 1.94 bits per heavy atom. The van der Waals surface area contributed by atoms with Crippen LogP contribution < -0.4 is 5.73 Å². The summed E-state index contributed by atoms with van der Waals surface area (Å²) in [5, 5.41) is -3.56. The number of halogens is 3. The van der Waals surface area contributed by atoms with Crippen LogP contribution in [0.5, 0.6) is 0 Å². The molecule has 1 nitrogen and oxygen atoms in total. The van der Waals surface area contributed by atoms with Crippen molar-refractivity contribution in [1.29, 1.82) is 0 Å². The lowest BCUT2D eigenvalue weighted by Gasteiger charge is -2.13. The second-order valence-electron chi connectivity index (χ2n) is 3.22. The Balaban J connectivity index is 2.80. The van der Waals surface area contributed by atoms with E-state index < -0.39 is 11.1 Å². The molecule has 0 unspecified atom stereocenters. The minimum atomic E-state index is -3.56. The summed E-state index contributed by atoms with van der Waals surface area (Å²) in [6.07, 6.45) is 0.682. The molecule has 0 aliphatic rings. The molecule has 2 N–H and O–H groups in total. The van der Waals surface area contributed by atoms with Gasteiger partial charge in [-0.3, -0.25) is 0 Å². The highest BCUT2D eigenvalue weighted by Crippen LogP contribution is 2.41. The molecule has 1 rings (SSSR count). The molecule has 0 spiro atoms. The molecule has 0 atom stereocenters. The maximum Gasteiger partial charge on any atom is 0.348 e. The number of hydrogen-bond donors (Lipinski definition) is 1. The lowest BCUT2D eigenvalue weighted by atomic mass is 10.2. The van der Waals surface area contributed by atoms with Crippen LogP contribution in [0.25, 0.3) is 0 Å². The van der Waals surface area contributed by atoms with E-state index in [4.69, 9.17) is 5.73 Å². The highest BCUT2D eigenvalue weighted by atomic mass is 32.2. The van der Waals surface area contributed by atoms with E-state index in [-0.39, 0.29) is 18.3 Å². The summed E-state index contributed by atoms with van der Waals surface area (Å²) in [4.78, 5) is 0.316. The highest BCUT2D eigenvalue weighted by molar-refractivity contribution is 8.00. The number of hydrogen-bond acceptors (Lipinski definition) is 2. The maximum atomic E-state index is 13.3. The van der Waals surface area contributed by atoms with Crippen molar-refractivity contribution in [2.75, 3.05) is 6.54 Å². The van der Waals surface area contributed by atoms with E-state index in [2.05, 4.69) is 0 Å². The second kappa shape index (κ2) is 5.41. The fourth-order valence-corrected chi connectivity index (χ4v) is 1.77. The van der Waals surface area contributed by atoms with Crippen LogP contribution in [-0.4, -0.2) is 11.8 Å². The van der Waals surface area contributed by atoms with Crippen molar-refractivity contribution in [2.24, 2.45) is 5.73 Å². The molecule has 0 bridgehead atoms. The zero-order valence-electron chi connectivity index (χ0n) is 8.71. The van der Waals surface area contributed by atoms with Gasteiger partial charge >= 0.3 is 5.25 Å². The van der Waals surface area contributed by atoms with Gasteiger partial charge in [0, 0.05) is 11.4 Å². The quantitative estimate of drug-likeness (QED) is 0.824. The first-order valence-corrected chi connectivity index (χ1v) is 5.47. The van der Waals surface area contributed by atoms with Crippen LogP contribution in [0.1, 0.15) is 5.56 Å². The van der Waals surface area contributed by atoms with E-state index in [1.54, 1.807) is 12.1 Å². The number of aryl methyl sites for hydroxylation is 1. The molecule has 0 aliphatic carbocycles. The lowest BCUT2D eigenvalue weighted by Crippen LogP contribution is -2.12. The zero-order valence-corrected chi connectivity index (χ0v) is 9.53. The van der Waals surface area contributed by atoms with Crippen LogP contribution in [0.3, 0.4) is 0 Å². The van der Waals surface area contributed by atoms with Crippen molar-refractivity contribution in [3.05, 3.63) is 41.7 Å². The Morgan fingerprint density at radius 3 is 2.44 bits per heavy atom. The molecule has 0 fully saturated rings. The van der Waals surface area contributed by atoms with Gasteiger partial charge in [0.1, 0.15) is 0 Å². The minimum Gasteiger partial charge on any atom is -0.327 e. The Kier molecular flexibility index (Phi) is 4.44. The number of rotatable bonds is 4. The maximum absolute atomic E-state index is 13.3. The van der Waals surface area contributed by atoms with Crippen molar-refractivity contribution in [3.8, 4) is 0 Å². The summed E-state index contributed by atoms with van der Waals surface area (Å²) < 4.78 is 39.5. The number of alkyl halides is 2. The molecule has 1 aromatic carbocycles. The van der Waals surface area contributed by atoms with Gasteiger partial charge in [-0.1, -0.05) is 17.7 Å². The Labute approximate surface area is 96.5 Å². The first kappa shape index (κ1) is 13.1. The van der Waals surface area contributed by atoms with Crippen LogP contribution >= 0.6 is 11.8 Å². The summed E-state index contributed by atoms with van der Waals surface area (Å²) in [6, 6.07) is 6.46. The number of nitrogens with two attached hydrogens (primary N) is 1. The minimum absolute atomic E-state index is 0.170. The molecule has 1 aromatic rings. The summed E-state index contributed by atoms with van der Waals surface area (Å²) in [6.45, 7) is 1.61. The molecular formula is C11H12F3NS. The summed E-state index contributed by atoms with van der Waals surface area (Å²) in [7, 11) is 0. The first-order valence-electron chi connectivity index (χ1n) is 4.65. The normalized spacial score (nSPS) is 12.9. The third-order valence-corrected chi connectivity index (χ3v) is 2.80. The van der Waals surface area contributed by atoms with Gasteiger partial charge in [0.05, 0.1) is 0 Å². The van der Waals surface area contributed by atoms with Gasteiger partial charge in [-0.05, 0) is 36.9 Å². The van der Waals surface area contributed by atoms with Crippen LogP contribution in [0.4, 0.5) is 13.2 Å². The Bertz CT molecular complexity index is 373. The van der Waals surface area contributed by atoms with E-state index >= 15 is 0 Å². The van der Waals surface area contributed by atoms with E-state index in [9.17, 15) is 13.2 Å². The van der Waals surface area contributed by atoms with E-state index in [0.29, 0.717) is 11.0 Å². The molecule has 5 heteroatoms. The largest absolute Gasteiger partial charge is 0.348 e. The summed E-state index contributed by atoms with van der Waals surface area (Å²) in [5.41, 5.74) is 5.94. The summed E-state index contributed by atoms with van der Waals surface area (Å²) >= 11 is 0.170. The summed E-state index contributed by atoms with van der Waals surface area (Å²) in [5.74, 6) is -1.50. The molecule has 0 saturated heterocycles. The SMILES string of the molecule is Cc1ccc(SC(F)(F)/C(F)=C/CN)cc1. The van der Waals surface area contributed by atoms with Crippen molar-refractivity contribution >= 4 is 11.8 Å². The van der Waals surface area contributed by atoms with E-state index in [1.165, 1.54) is 12.1 Å². The number of benzene rings is 1. The Hall–Kier alpha value is -0.940. The highest BCUT2D eigenvalue weighted by Gasteiger charge is 2.36. The van der Waals surface area contributed by atoms with Crippen molar-refractivity contribution in [1.82, 2.24) is 0 Å². The average molecular weight is 247 g/mol. The van der Waals surface area contributed by atoms with Gasteiger partial charge < -0.3 is 5.73 Å². The fourth-order valence-electron chi connectivity index (χ4n) is 1.03.